The second-order valence-electron chi connectivity index (χ2n) is 8.13. The molecule has 0 fully saturated rings. The number of ether oxygens (including phenoxy) is 8. The van der Waals surface area contributed by atoms with Crippen LogP contribution in [-0.4, -0.2) is 112 Å². The zero-order valence-electron chi connectivity index (χ0n) is 23.3. The van der Waals surface area contributed by atoms with Crippen molar-refractivity contribution in [2.75, 3.05) is 53.9 Å². The van der Waals surface area contributed by atoms with Crippen LogP contribution in [0, 0.1) is 0 Å². The van der Waals surface area contributed by atoms with Gasteiger partial charge in [0.15, 0.2) is 11.2 Å². The van der Waals surface area contributed by atoms with Crippen molar-refractivity contribution in [2.45, 2.75) is 65.0 Å². The molecule has 38 heavy (non-hydrogen) atoms. The molecule has 0 aliphatic heterocycles. The molecule has 2 unspecified atom stereocenters. The predicted octanol–water partition coefficient (Wildman–Crippen LogP) is 0.972. The van der Waals surface area contributed by atoms with Crippen molar-refractivity contribution in [2.24, 2.45) is 0 Å². The molecular weight excluding hydrogens is 666 g/mol. The van der Waals surface area contributed by atoms with Crippen LogP contribution in [0.5, 0.6) is 0 Å². The molecule has 0 heterocycles. The molecule has 0 amide bonds. The molecule has 218 valence electrons. The van der Waals surface area contributed by atoms with Gasteiger partial charge in [0.1, 0.15) is 26.4 Å². The first-order chi connectivity index (χ1) is 16.7. The Bertz CT molecular complexity index is 616. The van der Waals surface area contributed by atoms with Crippen molar-refractivity contribution in [1.29, 1.82) is 0 Å². The molecule has 0 aromatic heterocycles. The number of carbonyl (C=O) groups excluding carboxylic acids is 4. The number of aliphatic hydroxyl groups excluding tert-OH is 2. The van der Waals surface area contributed by atoms with E-state index >= 15 is 0 Å². The van der Waals surface area contributed by atoms with Crippen LogP contribution >= 0.6 is 0 Å². The molecule has 0 aliphatic carbocycles. The Morgan fingerprint density at radius 3 is 1.16 bits per heavy atom. The SMILES string of the molecule is COC(=O)OCC(C)OC(C)(C)C(=O)OCCO.COC(=O)OCC(C)OC(C)(C)C(=O)OCCO.[Y].[Y]. The summed E-state index contributed by atoms with van der Waals surface area (Å²) in [6.07, 6.45) is -2.63. The minimum atomic E-state index is -1.19. The van der Waals surface area contributed by atoms with E-state index in [-0.39, 0.29) is 105 Å². The maximum absolute atomic E-state index is 11.6. The van der Waals surface area contributed by atoms with Crippen LogP contribution in [0.1, 0.15) is 41.5 Å². The van der Waals surface area contributed by atoms with Gasteiger partial charge in [0.05, 0.1) is 39.6 Å². The molecule has 0 bridgehead atoms. The molecule has 0 saturated heterocycles. The van der Waals surface area contributed by atoms with Crippen molar-refractivity contribution in [1.82, 2.24) is 0 Å². The second-order valence-corrected chi connectivity index (χ2v) is 8.13. The molecule has 16 heteroatoms. The van der Waals surface area contributed by atoms with E-state index in [4.69, 9.17) is 29.2 Å². The summed E-state index contributed by atoms with van der Waals surface area (Å²) in [6.45, 7) is 8.66. The number of methoxy groups -OCH3 is 2. The topological polar surface area (TPSA) is 183 Å². The van der Waals surface area contributed by atoms with Crippen LogP contribution in [-0.2, 0) is 113 Å². The fourth-order valence-corrected chi connectivity index (χ4v) is 2.28. The summed E-state index contributed by atoms with van der Waals surface area (Å²) < 4.78 is 38.3. The van der Waals surface area contributed by atoms with E-state index in [9.17, 15) is 19.2 Å². The third-order valence-corrected chi connectivity index (χ3v) is 3.83. The number of carbonyl (C=O) groups is 4. The van der Waals surface area contributed by atoms with Gasteiger partial charge >= 0.3 is 24.2 Å². The summed E-state index contributed by atoms with van der Waals surface area (Å²) in [5.41, 5.74) is -2.37. The molecule has 0 aliphatic rings. The summed E-state index contributed by atoms with van der Waals surface area (Å²) in [5, 5.41) is 17.1. The predicted molar refractivity (Wildman–Crippen MR) is 122 cm³/mol. The summed E-state index contributed by atoms with van der Waals surface area (Å²) in [6, 6.07) is 0. The van der Waals surface area contributed by atoms with Gasteiger partial charge < -0.3 is 48.1 Å². The van der Waals surface area contributed by atoms with Crippen LogP contribution in [0.2, 0.25) is 0 Å². The van der Waals surface area contributed by atoms with Crippen molar-refractivity contribution in [3.8, 4) is 0 Å². The van der Waals surface area contributed by atoms with E-state index in [0.717, 1.165) is 0 Å². The number of aliphatic hydroxyl groups is 2. The summed E-state index contributed by atoms with van der Waals surface area (Å²) in [7, 11) is 2.40. The van der Waals surface area contributed by atoms with Crippen molar-refractivity contribution in [3.63, 3.8) is 0 Å². The molecule has 0 saturated carbocycles. The molecule has 0 aromatic carbocycles. The molecular formula is C22H40O14Y2. The van der Waals surface area contributed by atoms with Crippen molar-refractivity contribution in [3.05, 3.63) is 0 Å². The molecule has 2 radical (unpaired) electrons. The number of esters is 2. The van der Waals surface area contributed by atoms with Gasteiger partial charge in [-0.25, -0.2) is 19.2 Å². The summed E-state index contributed by atoms with van der Waals surface area (Å²) >= 11 is 0. The Morgan fingerprint density at radius 1 is 0.632 bits per heavy atom. The van der Waals surface area contributed by atoms with Gasteiger partial charge in [-0.3, -0.25) is 0 Å². The third-order valence-electron chi connectivity index (χ3n) is 3.83. The largest absolute Gasteiger partial charge is 0.508 e. The average Bonchev–Trinajstić information content (AvgIpc) is 2.82. The van der Waals surface area contributed by atoms with Gasteiger partial charge in [-0.2, -0.15) is 0 Å². The van der Waals surface area contributed by atoms with Crippen LogP contribution < -0.4 is 0 Å². The normalized spacial score (nSPS) is 12.1. The third kappa shape index (κ3) is 22.4. The van der Waals surface area contributed by atoms with Crippen LogP contribution in [0.4, 0.5) is 9.59 Å². The van der Waals surface area contributed by atoms with Crippen LogP contribution in [0.15, 0.2) is 0 Å². The van der Waals surface area contributed by atoms with Crippen LogP contribution in [0.25, 0.3) is 0 Å². The molecule has 0 rings (SSSR count). The Balaban J connectivity index is -0.000000289. The van der Waals surface area contributed by atoms with Gasteiger partial charge in [0.25, 0.3) is 0 Å². The molecule has 2 atom stereocenters. The molecule has 0 spiro atoms. The van der Waals surface area contributed by atoms with E-state index < -0.39 is 47.7 Å². The minimum Gasteiger partial charge on any atom is -0.461 e. The van der Waals surface area contributed by atoms with Gasteiger partial charge in [0.2, 0.25) is 0 Å². The zero-order valence-corrected chi connectivity index (χ0v) is 29.0. The second kappa shape index (κ2) is 24.3. The quantitative estimate of drug-likeness (QED) is 0.193. The van der Waals surface area contributed by atoms with Crippen molar-refractivity contribution < 1.29 is 133 Å². The zero-order chi connectivity index (χ0) is 28.4. The maximum Gasteiger partial charge on any atom is 0.508 e. The Kier molecular flexibility index (Phi) is 28.5. The first-order valence-corrected chi connectivity index (χ1v) is 11.0. The first-order valence-electron chi connectivity index (χ1n) is 11.0. The van der Waals surface area contributed by atoms with Crippen LogP contribution in [0.3, 0.4) is 0 Å². The van der Waals surface area contributed by atoms with E-state index in [1.54, 1.807) is 13.8 Å². The molecule has 0 aromatic rings. The number of hydrogen-bond acceptors (Lipinski definition) is 14. The number of rotatable bonds is 14. The van der Waals surface area contributed by atoms with Gasteiger partial charge in [-0.05, 0) is 41.5 Å². The Hall–Kier alpha value is -0.472. The van der Waals surface area contributed by atoms with E-state index in [0.29, 0.717) is 0 Å². The molecule has 2 N–H and O–H groups in total. The van der Waals surface area contributed by atoms with Gasteiger partial charge in [-0.1, -0.05) is 0 Å². The van der Waals surface area contributed by atoms with E-state index in [1.807, 2.05) is 0 Å². The molecule has 14 nitrogen and oxygen atoms in total. The standard InChI is InChI=1S/2C11H20O7.2Y/c2*1-8(7-17-10(14)15-4)18-11(2,3)9(13)16-6-5-12;;/h2*8,12H,5-7H2,1-4H3;;. The minimum absolute atomic E-state index is 0. The fourth-order valence-electron chi connectivity index (χ4n) is 2.28. The van der Waals surface area contributed by atoms with Crippen molar-refractivity contribution >= 4 is 24.2 Å². The maximum atomic E-state index is 11.6. The van der Waals surface area contributed by atoms with E-state index in [1.165, 1.54) is 41.9 Å². The number of hydrogen-bond donors (Lipinski definition) is 2. The summed E-state index contributed by atoms with van der Waals surface area (Å²) in [5.74, 6) is -1.19. The Morgan fingerprint density at radius 2 is 0.921 bits per heavy atom. The van der Waals surface area contributed by atoms with E-state index in [2.05, 4.69) is 18.9 Å². The van der Waals surface area contributed by atoms with Gasteiger partial charge in [0, 0.05) is 65.4 Å². The summed E-state index contributed by atoms with van der Waals surface area (Å²) in [4.78, 5) is 44.6. The van der Waals surface area contributed by atoms with Gasteiger partial charge in [-0.15, -0.1) is 0 Å². The smallest absolute Gasteiger partial charge is 0.461 e. The first kappa shape index (κ1) is 44.5. The Labute approximate surface area is 273 Å². The monoisotopic (exact) mass is 706 g/mol. The average molecular weight is 706 g/mol. The fraction of sp³-hybridized carbons (Fsp3) is 0.818.